The van der Waals surface area contributed by atoms with Crippen LogP contribution in [-0.2, 0) is 0 Å². The summed E-state index contributed by atoms with van der Waals surface area (Å²) < 4.78 is 0. The molecule has 3 nitrogen and oxygen atoms in total. The Labute approximate surface area is 110 Å². The van der Waals surface area contributed by atoms with Crippen LogP contribution >= 0.6 is 0 Å². The number of hydrogen-bond donors (Lipinski definition) is 2. The first-order chi connectivity index (χ1) is 8.72. The molecule has 0 unspecified atom stereocenters. The van der Waals surface area contributed by atoms with Gasteiger partial charge in [0.1, 0.15) is 0 Å². The Morgan fingerprint density at radius 3 is 2.39 bits per heavy atom. The Morgan fingerprint density at radius 2 is 1.83 bits per heavy atom. The first kappa shape index (κ1) is 13.4. The van der Waals surface area contributed by atoms with Gasteiger partial charge in [-0.2, -0.15) is 0 Å². The van der Waals surface area contributed by atoms with Crippen molar-refractivity contribution < 1.29 is 5.11 Å². The van der Waals surface area contributed by atoms with Crippen molar-refractivity contribution in [1.82, 2.24) is 0 Å². The van der Waals surface area contributed by atoms with Crippen LogP contribution in [0.15, 0.2) is 24.3 Å². The third-order valence-electron chi connectivity index (χ3n) is 3.75. The van der Waals surface area contributed by atoms with Crippen LogP contribution in [0, 0.1) is 0 Å². The molecule has 1 fully saturated rings. The maximum Gasteiger partial charge on any atom is 0.0732 e. The predicted molar refractivity (Wildman–Crippen MR) is 75.7 cm³/mol. The van der Waals surface area contributed by atoms with Gasteiger partial charge in [-0.1, -0.05) is 25.5 Å². The van der Waals surface area contributed by atoms with Crippen LogP contribution in [0.25, 0.3) is 0 Å². The third kappa shape index (κ3) is 3.03. The van der Waals surface area contributed by atoms with Gasteiger partial charge in [0.25, 0.3) is 0 Å². The first-order valence-corrected chi connectivity index (χ1v) is 7.01. The zero-order chi connectivity index (χ0) is 13.0. The SMILES string of the molecule is CCC[C@@H](O)[C@@H](N)c1ccc(N2CCCC2)cc1. The van der Waals surface area contributed by atoms with E-state index < -0.39 is 6.10 Å². The molecular weight excluding hydrogens is 224 g/mol. The highest BCUT2D eigenvalue weighted by Crippen LogP contribution is 2.24. The summed E-state index contributed by atoms with van der Waals surface area (Å²) in [7, 11) is 0. The summed E-state index contributed by atoms with van der Waals surface area (Å²) >= 11 is 0. The minimum Gasteiger partial charge on any atom is -0.391 e. The van der Waals surface area contributed by atoms with Crippen LogP contribution in [0.5, 0.6) is 0 Å². The van der Waals surface area contributed by atoms with Crippen LogP contribution < -0.4 is 10.6 Å². The van der Waals surface area contributed by atoms with E-state index in [1.807, 2.05) is 0 Å². The lowest BCUT2D eigenvalue weighted by atomic mass is 9.99. The number of rotatable bonds is 5. The lowest BCUT2D eigenvalue weighted by Crippen LogP contribution is -2.26. The molecular formula is C15H24N2O. The van der Waals surface area contributed by atoms with Crippen LogP contribution in [0.2, 0.25) is 0 Å². The number of aliphatic hydroxyl groups excluding tert-OH is 1. The summed E-state index contributed by atoms with van der Waals surface area (Å²) in [4.78, 5) is 2.40. The van der Waals surface area contributed by atoms with E-state index in [4.69, 9.17) is 5.73 Å². The summed E-state index contributed by atoms with van der Waals surface area (Å²) in [6.07, 6.45) is 3.86. The summed E-state index contributed by atoms with van der Waals surface area (Å²) in [5.74, 6) is 0. The molecule has 0 spiro atoms. The second-order valence-electron chi connectivity index (χ2n) is 5.17. The topological polar surface area (TPSA) is 49.5 Å². The zero-order valence-electron chi connectivity index (χ0n) is 11.2. The summed E-state index contributed by atoms with van der Waals surface area (Å²) in [5, 5.41) is 9.92. The average molecular weight is 248 g/mol. The molecule has 0 amide bonds. The van der Waals surface area contributed by atoms with Crippen molar-refractivity contribution in [2.45, 2.75) is 44.8 Å². The van der Waals surface area contributed by atoms with E-state index in [9.17, 15) is 5.11 Å². The second kappa shape index (κ2) is 6.21. The number of anilines is 1. The van der Waals surface area contributed by atoms with Gasteiger partial charge in [0, 0.05) is 18.8 Å². The van der Waals surface area contributed by atoms with Crippen molar-refractivity contribution in [2.75, 3.05) is 18.0 Å². The van der Waals surface area contributed by atoms with Gasteiger partial charge in [0.05, 0.1) is 12.1 Å². The van der Waals surface area contributed by atoms with E-state index in [0.717, 1.165) is 31.5 Å². The van der Waals surface area contributed by atoms with Crippen molar-refractivity contribution in [3.63, 3.8) is 0 Å². The maximum absolute atomic E-state index is 9.92. The average Bonchev–Trinajstić information content (AvgIpc) is 2.92. The molecule has 3 heteroatoms. The number of benzene rings is 1. The molecule has 0 radical (unpaired) electrons. The lowest BCUT2D eigenvalue weighted by molar-refractivity contribution is 0.134. The molecule has 1 aliphatic heterocycles. The molecule has 0 bridgehead atoms. The molecule has 1 heterocycles. The van der Waals surface area contributed by atoms with Crippen molar-refractivity contribution in [1.29, 1.82) is 0 Å². The van der Waals surface area contributed by atoms with Gasteiger partial charge >= 0.3 is 0 Å². The number of aliphatic hydroxyl groups is 1. The summed E-state index contributed by atoms with van der Waals surface area (Å²) in [6, 6.07) is 8.09. The highest BCUT2D eigenvalue weighted by Gasteiger charge is 2.17. The Balaban J connectivity index is 2.02. The normalized spacial score (nSPS) is 18.9. The predicted octanol–water partition coefficient (Wildman–Crippen LogP) is 2.45. The standard InChI is InChI=1S/C15H24N2O/c1-2-5-14(18)15(16)12-6-8-13(9-7-12)17-10-3-4-11-17/h6-9,14-15,18H,2-5,10-11,16H2,1H3/t14-,15+/m1/s1. The molecule has 1 saturated heterocycles. The fourth-order valence-corrected chi connectivity index (χ4v) is 2.58. The maximum atomic E-state index is 9.92. The Bertz CT molecular complexity index is 357. The molecule has 1 aliphatic rings. The van der Waals surface area contributed by atoms with E-state index in [1.165, 1.54) is 18.5 Å². The van der Waals surface area contributed by atoms with Crippen molar-refractivity contribution in [3.8, 4) is 0 Å². The fourth-order valence-electron chi connectivity index (χ4n) is 2.58. The Hall–Kier alpha value is -1.06. The van der Waals surface area contributed by atoms with E-state index in [2.05, 4.69) is 36.1 Å². The van der Waals surface area contributed by atoms with Crippen molar-refractivity contribution in [2.24, 2.45) is 5.73 Å². The molecule has 0 aromatic heterocycles. The third-order valence-corrected chi connectivity index (χ3v) is 3.75. The number of nitrogens with zero attached hydrogens (tertiary/aromatic N) is 1. The van der Waals surface area contributed by atoms with Crippen molar-refractivity contribution >= 4 is 5.69 Å². The van der Waals surface area contributed by atoms with E-state index >= 15 is 0 Å². The van der Waals surface area contributed by atoms with Gasteiger partial charge in [-0.3, -0.25) is 0 Å². The molecule has 2 atom stereocenters. The molecule has 1 aromatic carbocycles. The lowest BCUT2D eigenvalue weighted by Gasteiger charge is -2.21. The number of nitrogens with two attached hydrogens (primary N) is 1. The smallest absolute Gasteiger partial charge is 0.0732 e. The van der Waals surface area contributed by atoms with E-state index in [-0.39, 0.29) is 6.04 Å². The highest BCUT2D eigenvalue weighted by atomic mass is 16.3. The molecule has 18 heavy (non-hydrogen) atoms. The summed E-state index contributed by atoms with van der Waals surface area (Å²) in [5.41, 5.74) is 8.36. The fraction of sp³-hybridized carbons (Fsp3) is 0.600. The van der Waals surface area contributed by atoms with Gasteiger partial charge in [-0.05, 0) is 37.0 Å². The molecule has 100 valence electrons. The Morgan fingerprint density at radius 1 is 1.22 bits per heavy atom. The van der Waals surface area contributed by atoms with Gasteiger partial charge in [0.15, 0.2) is 0 Å². The summed E-state index contributed by atoms with van der Waals surface area (Å²) in [6.45, 7) is 4.38. The van der Waals surface area contributed by atoms with Crippen LogP contribution in [0.3, 0.4) is 0 Å². The zero-order valence-corrected chi connectivity index (χ0v) is 11.2. The highest BCUT2D eigenvalue weighted by molar-refractivity contribution is 5.48. The first-order valence-electron chi connectivity index (χ1n) is 7.01. The molecule has 0 saturated carbocycles. The minimum atomic E-state index is -0.437. The second-order valence-corrected chi connectivity index (χ2v) is 5.17. The minimum absolute atomic E-state index is 0.266. The largest absolute Gasteiger partial charge is 0.391 e. The van der Waals surface area contributed by atoms with Crippen LogP contribution in [-0.4, -0.2) is 24.3 Å². The van der Waals surface area contributed by atoms with Crippen LogP contribution in [0.1, 0.15) is 44.2 Å². The van der Waals surface area contributed by atoms with E-state index in [0.29, 0.717) is 0 Å². The molecule has 3 N–H and O–H groups in total. The molecule has 1 aromatic rings. The van der Waals surface area contributed by atoms with Crippen molar-refractivity contribution in [3.05, 3.63) is 29.8 Å². The van der Waals surface area contributed by atoms with Gasteiger partial charge in [0.2, 0.25) is 0 Å². The quantitative estimate of drug-likeness (QED) is 0.841. The van der Waals surface area contributed by atoms with E-state index in [1.54, 1.807) is 0 Å². The van der Waals surface area contributed by atoms with Crippen LogP contribution in [0.4, 0.5) is 5.69 Å². The van der Waals surface area contributed by atoms with Gasteiger partial charge in [-0.15, -0.1) is 0 Å². The molecule has 2 rings (SSSR count). The monoisotopic (exact) mass is 248 g/mol. The van der Waals surface area contributed by atoms with Gasteiger partial charge in [-0.25, -0.2) is 0 Å². The Kier molecular flexibility index (Phi) is 4.61. The van der Waals surface area contributed by atoms with Gasteiger partial charge < -0.3 is 15.7 Å². The molecule has 0 aliphatic carbocycles. The number of hydrogen-bond acceptors (Lipinski definition) is 3.